The number of halogens is 3. The minimum atomic E-state index is -4.42. The quantitative estimate of drug-likeness (QED) is 0.409. The summed E-state index contributed by atoms with van der Waals surface area (Å²) in [6.45, 7) is 8.80. The number of H-pyrrole nitrogens is 1. The first-order valence-electron chi connectivity index (χ1n) is 12.8. The summed E-state index contributed by atoms with van der Waals surface area (Å²) in [7, 11) is 0. The predicted octanol–water partition coefficient (Wildman–Crippen LogP) is 5.38. The fraction of sp³-hybridized carbons (Fsp3) is 0.357. The Kier molecular flexibility index (Phi) is 7.16. The SMILES string of the molecule is C=C(/C=C\C=NCC)N1CC2(CCN(C3=NCC=C(c4nc5ccc(C(F)(F)F)cc5[nH]4)C=C3)CC2)OC1=O. The van der Waals surface area contributed by atoms with Crippen molar-refractivity contribution in [1.29, 1.82) is 0 Å². The predicted molar refractivity (Wildman–Crippen MR) is 145 cm³/mol. The molecular formula is C28H29F3N6O2. The molecule has 1 aromatic heterocycles. The lowest BCUT2D eigenvalue weighted by Crippen LogP contribution is -2.48. The number of imidazole rings is 1. The van der Waals surface area contributed by atoms with Crippen LogP contribution in [0.1, 0.15) is 31.2 Å². The van der Waals surface area contributed by atoms with Crippen molar-refractivity contribution in [2.45, 2.75) is 31.5 Å². The van der Waals surface area contributed by atoms with Crippen molar-refractivity contribution in [3.05, 3.63) is 72.2 Å². The molecule has 0 radical (unpaired) electrons. The molecule has 2 saturated heterocycles. The van der Waals surface area contributed by atoms with Crippen LogP contribution in [0.4, 0.5) is 18.0 Å². The Morgan fingerprint density at radius 2 is 2.08 bits per heavy atom. The zero-order chi connectivity index (χ0) is 27.6. The maximum atomic E-state index is 13.1. The summed E-state index contributed by atoms with van der Waals surface area (Å²) in [5.74, 6) is 1.29. The van der Waals surface area contributed by atoms with Crippen LogP contribution in [-0.4, -0.2) is 76.2 Å². The molecule has 0 unspecified atom stereocenters. The van der Waals surface area contributed by atoms with Crippen LogP contribution < -0.4 is 0 Å². The van der Waals surface area contributed by atoms with Gasteiger partial charge in [0.15, 0.2) is 0 Å². The summed E-state index contributed by atoms with van der Waals surface area (Å²) in [6, 6.07) is 3.47. The van der Waals surface area contributed by atoms with Gasteiger partial charge in [-0.3, -0.25) is 14.9 Å². The topological polar surface area (TPSA) is 86.2 Å². The summed E-state index contributed by atoms with van der Waals surface area (Å²) < 4.78 is 45.1. The highest BCUT2D eigenvalue weighted by atomic mass is 19.4. The van der Waals surface area contributed by atoms with E-state index in [0.717, 1.165) is 23.5 Å². The Morgan fingerprint density at radius 3 is 2.82 bits per heavy atom. The highest BCUT2D eigenvalue weighted by molar-refractivity contribution is 5.96. The number of alkyl halides is 3. The van der Waals surface area contributed by atoms with Crippen LogP contribution in [0.25, 0.3) is 16.6 Å². The largest absolute Gasteiger partial charge is 0.440 e. The number of amides is 1. The van der Waals surface area contributed by atoms with Crippen LogP contribution in [0.5, 0.6) is 0 Å². The van der Waals surface area contributed by atoms with E-state index < -0.39 is 17.3 Å². The average molecular weight is 539 g/mol. The van der Waals surface area contributed by atoms with Gasteiger partial charge < -0.3 is 14.6 Å². The third-order valence-corrected chi connectivity index (χ3v) is 7.04. The number of likely N-dealkylation sites (tertiary alicyclic amines) is 1. The van der Waals surface area contributed by atoms with Crippen LogP contribution in [0, 0.1) is 0 Å². The van der Waals surface area contributed by atoms with Crippen molar-refractivity contribution in [3.63, 3.8) is 0 Å². The third kappa shape index (κ3) is 5.67. The summed E-state index contributed by atoms with van der Waals surface area (Å²) in [5, 5.41) is 0. The smallest absolute Gasteiger partial charge is 0.416 e. The molecule has 1 aromatic carbocycles. The second-order valence-electron chi connectivity index (χ2n) is 9.63. The number of nitrogens with zero attached hydrogens (tertiary/aromatic N) is 5. The van der Waals surface area contributed by atoms with E-state index in [1.54, 1.807) is 23.3 Å². The normalized spacial score (nSPS) is 19.7. The lowest BCUT2D eigenvalue weighted by molar-refractivity contribution is -0.137. The molecule has 204 valence electrons. The molecule has 0 aliphatic carbocycles. The number of ether oxygens (including phenoxy) is 1. The van der Waals surface area contributed by atoms with Gasteiger partial charge in [-0.2, -0.15) is 13.2 Å². The van der Waals surface area contributed by atoms with E-state index in [0.29, 0.717) is 68.1 Å². The first-order valence-corrected chi connectivity index (χ1v) is 12.8. The van der Waals surface area contributed by atoms with Crippen molar-refractivity contribution >= 4 is 34.7 Å². The van der Waals surface area contributed by atoms with E-state index in [-0.39, 0.29) is 6.09 Å². The second kappa shape index (κ2) is 10.5. The number of aromatic nitrogens is 2. The number of allylic oxidation sites excluding steroid dienone is 4. The number of carbonyl (C=O) groups is 1. The van der Waals surface area contributed by atoms with Crippen molar-refractivity contribution in [2.24, 2.45) is 9.98 Å². The molecule has 39 heavy (non-hydrogen) atoms. The van der Waals surface area contributed by atoms with Crippen LogP contribution in [-0.2, 0) is 10.9 Å². The van der Waals surface area contributed by atoms with Gasteiger partial charge in [0.2, 0.25) is 0 Å². The van der Waals surface area contributed by atoms with E-state index >= 15 is 0 Å². The minimum Gasteiger partial charge on any atom is -0.440 e. The van der Waals surface area contributed by atoms with Crippen LogP contribution in [0.15, 0.2) is 70.8 Å². The number of benzene rings is 1. The van der Waals surface area contributed by atoms with Gasteiger partial charge in [-0.1, -0.05) is 12.7 Å². The molecule has 0 saturated carbocycles. The van der Waals surface area contributed by atoms with E-state index in [2.05, 4.69) is 31.4 Å². The number of hydrogen-bond donors (Lipinski definition) is 1. The fourth-order valence-electron chi connectivity index (χ4n) is 4.88. The zero-order valence-electron chi connectivity index (χ0n) is 21.5. The Hall–Kier alpha value is -4.15. The van der Waals surface area contributed by atoms with Gasteiger partial charge in [-0.25, -0.2) is 9.78 Å². The molecular weight excluding hydrogens is 509 g/mol. The minimum absolute atomic E-state index is 0.327. The van der Waals surface area contributed by atoms with Gasteiger partial charge in [-0.05, 0) is 49.4 Å². The molecule has 5 rings (SSSR count). The number of nitrogens with one attached hydrogen (secondary N) is 1. The Bertz CT molecular complexity index is 1420. The van der Waals surface area contributed by atoms with Crippen LogP contribution in [0.2, 0.25) is 0 Å². The third-order valence-electron chi connectivity index (χ3n) is 7.04. The summed E-state index contributed by atoms with van der Waals surface area (Å²) >= 11 is 0. The van der Waals surface area contributed by atoms with Gasteiger partial charge in [0.1, 0.15) is 17.3 Å². The molecule has 3 aliphatic rings. The van der Waals surface area contributed by atoms with Gasteiger partial charge in [0.05, 0.1) is 29.7 Å². The number of hydrogen-bond acceptors (Lipinski definition) is 6. The summed E-state index contributed by atoms with van der Waals surface area (Å²) in [4.78, 5) is 32.5. The molecule has 3 aliphatic heterocycles. The van der Waals surface area contributed by atoms with Gasteiger partial charge in [-0.15, -0.1) is 0 Å². The number of amidine groups is 1. The Labute approximate surface area is 224 Å². The lowest BCUT2D eigenvalue weighted by atomic mass is 9.91. The summed E-state index contributed by atoms with van der Waals surface area (Å²) in [5.41, 5.74) is 0.825. The molecule has 0 atom stereocenters. The van der Waals surface area contributed by atoms with Crippen LogP contribution in [0.3, 0.4) is 0 Å². The van der Waals surface area contributed by atoms with Crippen molar-refractivity contribution in [3.8, 4) is 0 Å². The van der Waals surface area contributed by atoms with Crippen LogP contribution >= 0.6 is 0 Å². The average Bonchev–Trinajstić information content (AvgIpc) is 3.37. The number of aliphatic imine (C=N–C) groups is 2. The van der Waals surface area contributed by atoms with Crippen molar-refractivity contribution in [2.75, 3.05) is 32.7 Å². The maximum Gasteiger partial charge on any atom is 0.416 e. The number of rotatable bonds is 5. The van der Waals surface area contributed by atoms with Gasteiger partial charge in [0, 0.05) is 50.0 Å². The molecule has 0 bridgehead atoms. The highest BCUT2D eigenvalue weighted by Gasteiger charge is 2.47. The molecule has 2 fully saturated rings. The summed E-state index contributed by atoms with van der Waals surface area (Å²) in [6.07, 6.45) is 7.34. The molecule has 1 spiro atoms. The Morgan fingerprint density at radius 1 is 1.28 bits per heavy atom. The van der Waals surface area contributed by atoms with E-state index in [1.807, 2.05) is 25.2 Å². The zero-order valence-corrected chi connectivity index (χ0v) is 21.5. The highest BCUT2D eigenvalue weighted by Crippen LogP contribution is 2.35. The molecule has 8 nitrogen and oxygen atoms in total. The first-order chi connectivity index (χ1) is 18.7. The molecule has 4 heterocycles. The van der Waals surface area contributed by atoms with Crippen molar-refractivity contribution in [1.82, 2.24) is 19.8 Å². The fourth-order valence-corrected chi connectivity index (χ4v) is 4.88. The van der Waals surface area contributed by atoms with E-state index in [4.69, 9.17) is 4.74 Å². The second-order valence-corrected chi connectivity index (χ2v) is 9.63. The van der Waals surface area contributed by atoms with Gasteiger partial charge in [0.25, 0.3) is 0 Å². The van der Waals surface area contributed by atoms with E-state index in [1.165, 1.54) is 6.07 Å². The molecule has 11 heteroatoms. The standard InChI is InChI=1S/C28H29F3N6O2/c1-3-32-13-4-5-19(2)37-18-27(39-26(37)38)11-15-36(16-12-27)24-9-6-20(10-14-33-24)25-34-22-8-7-21(28(29,30)31)17-23(22)35-25/h4-10,13,17H,2-3,11-12,14-16,18H2,1H3,(H,34,35)/b5-4-,32-13?. The lowest BCUT2D eigenvalue weighted by Gasteiger charge is -2.38. The van der Waals surface area contributed by atoms with Crippen molar-refractivity contribution < 1.29 is 22.7 Å². The maximum absolute atomic E-state index is 13.1. The number of aromatic amines is 1. The number of carbonyl (C=O) groups excluding carboxylic acids is 1. The molecule has 1 amide bonds. The monoisotopic (exact) mass is 538 g/mol. The van der Waals surface area contributed by atoms with Gasteiger partial charge >= 0.3 is 12.3 Å². The number of fused-ring (bicyclic) bond motifs is 1. The molecule has 1 N–H and O–H groups in total. The Balaban J connectivity index is 1.21. The number of piperidine rings is 1. The van der Waals surface area contributed by atoms with E-state index in [9.17, 15) is 18.0 Å². The molecule has 2 aromatic rings. The first kappa shape index (κ1) is 26.5.